The summed E-state index contributed by atoms with van der Waals surface area (Å²) in [7, 11) is -3.63. The van der Waals surface area contributed by atoms with E-state index in [2.05, 4.69) is 23.7 Å². The van der Waals surface area contributed by atoms with Gasteiger partial charge in [-0.25, -0.2) is 13.4 Å². The van der Waals surface area contributed by atoms with E-state index in [0.29, 0.717) is 15.7 Å². The molecule has 0 amide bonds. The van der Waals surface area contributed by atoms with Gasteiger partial charge in [0.25, 0.3) is 0 Å². The van der Waals surface area contributed by atoms with Crippen molar-refractivity contribution in [2.24, 2.45) is 5.92 Å². The number of pyridine rings is 1. The van der Waals surface area contributed by atoms with Crippen molar-refractivity contribution in [3.05, 3.63) is 60.3 Å². The molecule has 1 aromatic heterocycles. The first kappa shape index (κ1) is 18.9. The lowest BCUT2D eigenvalue weighted by molar-refractivity contribution is -0.347. The smallest absolute Gasteiger partial charge is 0.214 e. The molecule has 0 aliphatic carbocycles. The number of benzene rings is 2. The predicted molar refractivity (Wildman–Crippen MR) is 112 cm³/mol. The maximum absolute atomic E-state index is 13.6. The van der Waals surface area contributed by atoms with Crippen molar-refractivity contribution in [2.45, 2.75) is 42.9 Å². The number of H-pyrrole nitrogens is 1. The van der Waals surface area contributed by atoms with Crippen molar-refractivity contribution in [2.75, 3.05) is 18.0 Å². The van der Waals surface area contributed by atoms with Crippen molar-refractivity contribution in [3.63, 3.8) is 0 Å². The number of piperidine rings is 1. The van der Waals surface area contributed by atoms with Crippen molar-refractivity contribution < 1.29 is 13.4 Å². The molecule has 1 fully saturated rings. The van der Waals surface area contributed by atoms with Crippen LogP contribution < -0.4 is 9.88 Å². The maximum atomic E-state index is 13.6. The number of sulfone groups is 1. The first-order chi connectivity index (χ1) is 13.5. The van der Waals surface area contributed by atoms with Crippen LogP contribution in [-0.4, -0.2) is 21.5 Å². The average molecular weight is 396 g/mol. The standard InChI is InChI=1S/C23H26N2O2S/c1-3-18-10-12-19(13-11-18)28(26,27)22-15-24-21-9-5-4-8-20(21)23(22)25-14-6-7-17(2)16-25/h4-5,8-13,15,17H,3,6-7,14,16H2,1-2H3/p+1/t17-/m0/s1. The van der Waals surface area contributed by atoms with Crippen molar-refractivity contribution >= 4 is 26.4 Å². The summed E-state index contributed by atoms with van der Waals surface area (Å²) >= 11 is 0. The van der Waals surface area contributed by atoms with Crippen molar-refractivity contribution in [1.29, 1.82) is 0 Å². The molecule has 28 heavy (non-hydrogen) atoms. The molecular formula is C23H27N2O2S+. The normalized spacial score (nSPS) is 17.8. The van der Waals surface area contributed by atoms with E-state index in [9.17, 15) is 8.42 Å². The van der Waals surface area contributed by atoms with Crippen LogP contribution >= 0.6 is 0 Å². The second-order valence-electron chi connectivity index (χ2n) is 7.74. The monoisotopic (exact) mass is 395 g/mol. The molecule has 0 saturated carbocycles. The Balaban J connectivity index is 1.91. The number of rotatable bonds is 4. The highest BCUT2D eigenvalue weighted by Gasteiger charge is 2.30. The van der Waals surface area contributed by atoms with Crippen LogP contribution in [0.2, 0.25) is 0 Å². The molecule has 3 aromatic rings. The highest BCUT2D eigenvalue weighted by molar-refractivity contribution is 7.91. The lowest BCUT2D eigenvalue weighted by Crippen LogP contribution is -2.35. The third-order valence-electron chi connectivity index (χ3n) is 5.68. The number of hydrogen-bond acceptors (Lipinski definition) is 3. The van der Waals surface area contributed by atoms with Gasteiger partial charge in [-0.05, 0) is 48.9 Å². The van der Waals surface area contributed by atoms with Crippen LogP contribution in [0.5, 0.6) is 0 Å². The zero-order valence-corrected chi connectivity index (χ0v) is 17.3. The van der Waals surface area contributed by atoms with Crippen LogP contribution in [0.1, 0.15) is 32.3 Å². The van der Waals surface area contributed by atoms with Crippen LogP contribution in [0.4, 0.5) is 5.69 Å². The summed E-state index contributed by atoms with van der Waals surface area (Å²) in [4.78, 5) is 6.18. The van der Waals surface area contributed by atoms with E-state index in [1.165, 1.54) is 6.42 Å². The molecule has 2 heterocycles. The SMILES string of the molecule is CCc1ccc(S(=O)(=O)c2c[nH+]c3ccccc3c2N2CCC[C@H](C)C2)cc1. The number of hydrogen-bond donors (Lipinski definition) is 0. The topological polar surface area (TPSA) is 51.5 Å². The van der Waals surface area contributed by atoms with Gasteiger partial charge >= 0.3 is 0 Å². The second-order valence-corrected chi connectivity index (χ2v) is 9.66. The van der Waals surface area contributed by atoms with E-state index >= 15 is 0 Å². The lowest BCUT2D eigenvalue weighted by Gasteiger charge is -2.34. The molecule has 4 nitrogen and oxygen atoms in total. The molecule has 0 radical (unpaired) electrons. The van der Waals surface area contributed by atoms with Crippen molar-refractivity contribution in [1.82, 2.24) is 0 Å². The summed E-state index contributed by atoms with van der Waals surface area (Å²) in [6.07, 6.45) is 4.83. The Morgan fingerprint density at radius 1 is 1.11 bits per heavy atom. The van der Waals surface area contributed by atoms with E-state index in [-0.39, 0.29) is 0 Å². The van der Waals surface area contributed by atoms with Gasteiger partial charge in [0.15, 0.2) is 11.1 Å². The molecule has 5 heteroatoms. The first-order valence-electron chi connectivity index (χ1n) is 10.0. The van der Waals surface area contributed by atoms with Gasteiger partial charge in [-0.15, -0.1) is 0 Å². The van der Waals surface area contributed by atoms with E-state index < -0.39 is 9.84 Å². The molecule has 1 aliphatic rings. The van der Waals surface area contributed by atoms with Crippen LogP contribution in [0, 0.1) is 5.92 Å². The quantitative estimate of drug-likeness (QED) is 0.662. The molecule has 1 N–H and O–H groups in total. The summed E-state index contributed by atoms with van der Waals surface area (Å²) in [5.41, 5.74) is 2.92. The Kier molecular flexibility index (Phi) is 5.11. The molecule has 0 bridgehead atoms. The average Bonchev–Trinajstić information content (AvgIpc) is 2.73. The summed E-state index contributed by atoms with van der Waals surface area (Å²) in [5.74, 6) is 0.552. The van der Waals surface area contributed by atoms with Crippen LogP contribution in [-0.2, 0) is 16.3 Å². The molecule has 0 spiro atoms. The Labute approximate surface area is 167 Å². The number of para-hydroxylation sites is 1. The summed E-state index contributed by atoms with van der Waals surface area (Å²) in [6.45, 7) is 6.07. The highest BCUT2D eigenvalue weighted by atomic mass is 32.2. The molecule has 0 unspecified atom stereocenters. The predicted octanol–water partition coefficient (Wildman–Crippen LogP) is 4.29. The van der Waals surface area contributed by atoms with Gasteiger partial charge in [-0.1, -0.05) is 38.1 Å². The van der Waals surface area contributed by atoms with Crippen LogP contribution in [0.3, 0.4) is 0 Å². The third kappa shape index (κ3) is 3.39. The fourth-order valence-corrected chi connectivity index (χ4v) is 5.57. The van der Waals surface area contributed by atoms with Gasteiger partial charge in [0, 0.05) is 19.2 Å². The Bertz CT molecular complexity index is 1090. The van der Waals surface area contributed by atoms with E-state index in [4.69, 9.17) is 0 Å². The zero-order valence-electron chi connectivity index (χ0n) is 16.5. The molecule has 2 aromatic carbocycles. The zero-order chi connectivity index (χ0) is 19.7. The highest BCUT2D eigenvalue weighted by Crippen LogP contribution is 2.36. The summed E-state index contributed by atoms with van der Waals surface area (Å²) in [6, 6.07) is 15.2. The molecule has 4 rings (SSSR count). The Morgan fingerprint density at radius 3 is 2.57 bits per heavy atom. The number of nitrogens with zero attached hydrogens (tertiary/aromatic N) is 1. The van der Waals surface area contributed by atoms with Gasteiger partial charge in [0.2, 0.25) is 15.4 Å². The van der Waals surface area contributed by atoms with Crippen molar-refractivity contribution in [3.8, 4) is 0 Å². The minimum absolute atomic E-state index is 0.347. The maximum Gasteiger partial charge on any atom is 0.214 e. The fourth-order valence-electron chi connectivity index (χ4n) is 4.11. The Hall–Kier alpha value is -2.40. The molecule has 1 aliphatic heterocycles. The van der Waals surface area contributed by atoms with Gasteiger partial charge in [0.05, 0.1) is 16.0 Å². The van der Waals surface area contributed by atoms with Gasteiger partial charge in [-0.2, -0.15) is 0 Å². The Morgan fingerprint density at radius 2 is 1.86 bits per heavy atom. The number of fused-ring (bicyclic) bond motifs is 1. The number of aryl methyl sites for hydroxylation is 1. The first-order valence-corrected chi connectivity index (χ1v) is 11.5. The summed E-state index contributed by atoms with van der Waals surface area (Å²) in [5, 5.41) is 0.961. The largest absolute Gasteiger partial charge is 0.369 e. The molecule has 146 valence electrons. The number of anilines is 1. The second kappa shape index (κ2) is 7.55. The number of aromatic nitrogens is 1. The minimum atomic E-state index is -3.63. The lowest BCUT2D eigenvalue weighted by atomic mass is 9.99. The van der Waals surface area contributed by atoms with Gasteiger partial charge in [-0.3, -0.25) is 0 Å². The van der Waals surface area contributed by atoms with E-state index in [1.807, 2.05) is 36.4 Å². The van der Waals surface area contributed by atoms with Crippen LogP contribution in [0.25, 0.3) is 10.9 Å². The van der Waals surface area contributed by atoms with E-state index in [0.717, 1.165) is 48.1 Å². The fraction of sp³-hybridized carbons (Fsp3) is 0.348. The molecule has 1 saturated heterocycles. The summed E-state index contributed by atoms with van der Waals surface area (Å²) < 4.78 is 27.2. The minimum Gasteiger partial charge on any atom is -0.369 e. The molecular weight excluding hydrogens is 368 g/mol. The van der Waals surface area contributed by atoms with Crippen LogP contribution in [0.15, 0.2) is 64.5 Å². The molecule has 1 atom stereocenters. The van der Waals surface area contributed by atoms with Gasteiger partial charge < -0.3 is 4.90 Å². The number of nitrogens with one attached hydrogen (secondary N) is 1. The third-order valence-corrected chi connectivity index (χ3v) is 7.46. The van der Waals surface area contributed by atoms with E-state index in [1.54, 1.807) is 18.3 Å². The number of aromatic amines is 1. The van der Waals surface area contributed by atoms with Gasteiger partial charge in [0.1, 0.15) is 0 Å².